The normalized spacial score (nSPS) is 22.3. The Labute approximate surface area is 146 Å². The molecular weight excluding hydrogens is 348 g/mol. The Morgan fingerprint density at radius 3 is 2.04 bits per heavy atom. The number of sulfone groups is 1. The van der Waals surface area contributed by atoms with E-state index in [-0.39, 0.29) is 18.1 Å². The van der Waals surface area contributed by atoms with E-state index in [1.165, 1.54) is 24.3 Å². The maximum Gasteiger partial charge on any atom is 0.182 e. The van der Waals surface area contributed by atoms with Crippen molar-refractivity contribution in [2.75, 3.05) is 13.2 Å². The average molecular weight is 367 g/mol. The topological polar surface area (TPSA) is 74.6 Å². The number of benzene rings is 2. The third-order valence-electron chi connectivity index (χ3n) is 4.88. The fraction of sp³-hybridized carbons (Fsp3) is 0.333. The molecule has 0 saturated heterocycles. The van der Waals surface area contributed by atoms with Gasteiger partial charge in [0.1, 0.15) is 0 Å². The highest BCUT2D eigenvalue weighted by Gasteiger charge is 2.70. The first kappa shape index (κ1) is 17.4. The van der Waals surface area contributed by atoms with Crippen LogP contribution in [0.15, 0.2) is 53.4 Å². The zero-order valence-electron chi connectivity index (χ0n) is 13.2. The molecule has 128 valence electrons. The van der Waals surface area contributed by atoms with Crippen molar-refractivity contribution in [3.8, 4) is 0 Å². The summed E-state index contributed by atoms with van der Waals surface area (Å²) in [6.07, 6.45) is 0. The van der Waals surface area contributed by atoms with Gasteiger partial charge in [-0.25, -0.2) is 8.42 Å². The Morgan fingerprint density at radius 1 is 1.00 bits per heavy atom. The van der Waals surface area contributed by atoms with Gasteiger partial charge < -0.3 is 10.2 Å². The molecule has 2 aromatic carbocycles. The molecule has 2 aromatic rings. The van der Waals surface area contributed by atoms with Gasteiger partial charge in [0.05, 0.1) is 23.4 Å². The molecule has 1 fully saturated rings. The lowest BCUT2D eigenvalue weighted by Gasteiger charge is -2.11. The molecule has 0 spiro atoms. The number of halogens is 1. The van der Waals surface area contributed by atoms with Gasteiger partial charge in [0.15, 0.2) is 9.84 Å². The number of rotatable bonds is 5. The van der Waals surface area contributed by atoms with Gasteiger partial charge in [-0.15, -0.1) is 0 Å². The second-order valence-electron chi connectivity index (χ2n) is 6.36. The minimum Gasteiger partial charge on any atom is -0.396 e. The van der Waals surface area contributed by atoms with Gasteiger partial charge in [0.25, 0.3) is 0 Å². The second kappa shape index (κ2) is 6.15. The highest BCUT2D eigenvalue weighted by atomic mass is 35.5. The van der Waals surface area contributed by atoms with E-state index in [9.17, 15) is 18.6 Å². The standard InChI is InChI=1S/C18H19ClO4S/c1-12-2-4-13(5-3-12)16-17(18(16,10-20)11-21)24(22,23)15-8-6-14(19)7-9-15/h2-9,16-17,20-21H,10-11H2,1H3/t16-,17-/m1/s1. The Balaban J connectivity index is 2.04. The molecule has 4 nitrogen and oxygen atoms in total. The van der Waals surface area contributed by atoms with Crippen LogP contribution in [0.1, 0.15) is 17.0 Å². The predicted molar refractivity (Wildman–Crippen MR) is 93.0 cm³/mol. The Bertz CT molecular complexity index is 824. The van der Waals surface area contributed by atoms with Crippen molar-refractivity contribution in [2.45, 2.75) is 23.0 Å². The first-order chi connectivity index (χ1) is 11.4. The van der Waals surface area contributed by atoms with Gasteiger partial charge in [-0.05, 0) is 36.8 Å². The van der Waals surface area contributed by atoms with Crippen LogP contribution in [0.4, 0.5) is 0 Å². The molecule has 0 unspecified atom stereocenters. The highest BCUT2D eigenvalue weighted by molar-refractivity contribution is 7.92. The molecule has 0 aliphatic heterocycles. The molecule has 2 atom stereocenters. The summed E-state index contributed by atoms with van der Waals surface area (Å²) in [6, 6.07) is 13.5. The first-order valence-electron chi connectivity index (χ1n) is 7.64. The van der Waals surface area contributed by atoms with Crippen LogP contribution < -0.4 is 0 Å². The molecule has 24 heavy (non-hydrogen) atoms. The number of aliphatic hydroxyl groups is 2. The molecule has 0 bridgehead atoms. The number of aryl methyl sites for hydroxylation is 1. The fourth-order valence-corrected chi connectivity index (χ4v) is 5.98. The Hall–Kier alpha value is -1.40. The van der Waals surface area contributed by atoms with Crippen LogP contribution in [0, 0.1) is 12.3 Å². The largest absolute Gasteiger partial charge is 0.396 e. The molecular formula is C18H19ClO4S. The van der Waals surface area contributed by atoms with Gasteiger partial charge in [0.2, 0.25) is 0 Å². The smallest absolute Gasteiger partial charge is 0.182 e. The summed E-state index contributed by atoms with van der Waals surface area (Å²) in [5, 5.41) is 19.2. The van der Waals surface area contributed by atoms with Crippen LogP contribution in [0.2, 0.25) is 5.02 Å². The molecule has 0 radical (unpaired) electrons. The van der Waals surface area contributed by atoms with E-state index < -0.39 is 26.4 Å². The Morgan fingerprint density at radius 2 is 1.54 bits per heavy atom. The molecule has 2 N–H and O–H groups in total. The summed E-state index contributed by atoms with van der Waals surface area (Å²) < 4.78 is 26.0. The molecule has 0 heterocycles. The van der Waals surface area contributed by atoms with Crippen molar-refractivity contribution in [1.29, 1.82) is 0 Å². The minimum absolute atomic E-state index is 0.151. The third kappa shape index (κ3) is 2.65. The lowest BCUT2D eigenvalue weighted by molar-refractivity contribution is 0.130. The molecule has 6 heteroatoms. The number of hydrogen-bond donors (Lipinski definition) is 2. The number of hydrogen-bond acceptors (Lipinski definition) is 4. The highest BCUT2D eigenvalue weighted by Crippen LogP contribution is 2.63. The number of aliphatic hydroxyl groups excluding tert-OH is 2. The quantitative estimate of drug-likeness (QED) is 0.852. The maximum atomic E-state index is 13.0. The Kier molecular flexibility index (Phi) is 4.47. The SMILES string of the molecule is Cc1ccc([C@@H]2[C@@H](S(=O)(=O)c3ccc(Cl)cc3)C2(CO)CO)cc1. The van der Waals surface area contributed by atoms with Crippen LogP contribution >= 0.6 is 11.6 Å². The predicted octanol–water partition coefficient (Wildman–Crippen LogP) is 2.56. The van der Waals surface area contributed by atoms with Crippen LogP contribution in [-0.2, 0) is 9.84 Å². The second-order valence-corrected chi connectivity index (χ2v) is 8.86. The van der Waals surface area contributed by atoms with E-state index in [2.05, 4.69) is 0 Å². The molecule has 0 aromatic heterocycles. The van der Waals surface area contributed by atoms with Crippen LogP contribution in [0.5, 0.6) is 0 Å². The van der Waals surface area contributed by atoms with E-state index in [4.69, 9.17) is 11.6 Å². The molecule has 1 aliphatic carbocycles. The zero-order chi connectivity index (χ0) is 17.5. The zero-order valence-corrected chi connectivity index (χ0v) is 14.8. The molecule has 1 saturated carbocycles. The van der Waals surface area contributed by atoms with E-state index in [1.54, 1.807) is 0 Å². The van der Waals surface area contributed by atoms with Crippen LogP contribution in [0.25, 0.3) is 0 Å². The lowest BCUT2D eigenvalue weighted by atomic mass is 10.00. The van der Waals surface area contributed by atoms with Crippen molar-refractivity contribution in [2.24, 2.45) is 5.41 Å². The van der Waals surface area contributed by atoms with Gasteiger partial charge in [0, 0.05) is 16.4 Å². The summed E-state index contributed by atoms with van der Waals surface area (Å²) in [6.45, 7) is 1.17. The van der Waals surface area contributed by atoms with Crippen molar-refractivity contribution >= 4 is 21.4 Å². The lowest BCUT2D eigenvalue weighted by Crippen LogP contribution is -2.23. The molecule has 0 amide bonds. The van der Waals surface area contributed by atoms with Crippen LogP contribution in [-0.4, -0.2) is 37.1 Å². The first-order valence-corrected chi connectivity index (χ1v) is 9.57. The van der Waals surface area contributed by atoms with Gasteiger partial charge in [-0.3, -0.25) is 0 Å². The monoisotopic (exact) mass is 366 g/mol. The minimum atomic E-state index is -3.70. The van der Waals surface area contributed by atoms with Crippen molar-refractivity contribution in [3.63, 3.8) is 0 Å². The van der Waals surface area contributed by atoms with Crippen molar-refractivity contribution < 1.29 is 18.6 Å². The van der Waals surface area contributed by atoms with Gasteiger partial charge in [-0.1, -0.05) is 41.4 Å². The van der Waals surface area contributed by atoms with Gasteiger partial charge >= 0.3 is 0 Å². The fourth-order valence-electron chi connectivity index (χ4n) is 3.42. The summed E-state index contributed by atoms with van der Waals surface area (Å²) in [7, 11) is -3.70. The summed E-state index contributed by atoms with van der Waals surface area (Å²) in [5.41, 5.74) is 0.814. The van der Waals surface area contributed by atoms with E-state index in [0.29, 0.717) is 5.02 Å². The van der Waals surface area contributed by atoms with E-state index in [1.807, 2.05) is 31.2 Å². The van der Waals surface area contributed by atoms with Crippen molar-refractivity contribution in [3.05, 3.63) is 64.7 Å². The maximum absolute atomic E-state index is 13.0. The third-order valence-corrected chi connectivity index (χ3v) is 7.47. The van der Waals surface area contributed by atoms with Crippen LogP contribution in [0.3, 0.4) is 0 Å². The average Bonchev–Trinajstić information content (AvgIpc) is 3.26. The summed E-state index contributed by atoms with van der Waals surface area (Å²) in [4.78, 5) is 0.151. The van der Waals surface area contributed by atoms with Crippen molar-refractivity contribution in [1.82, 2.24) is 0 Å². The molecule has 1 aliphatic rings. The van der Waals surface area contributed by atoms with E-state index in [0.717, 1.165) is 11.1 Å². The summed E-state index contributed by atoms with van der Waals surface area (Å²) >= 11 is 5.83. The molecule has 3 rings (SSSR count). The van der Waals surface area contributed by atoms with E-state index >= 15 is 0 Å². The summed E-state index contributed by atoms with van der Waals surface area (Å²) in [5.74, 6) is -0.436. The van der Waals surface area contributed by atoms with Gasteiger partial charge in [-0.2, -0.15) is 0 Å².